The summed E-state index contributed by atoms with van der Waals surface area (Å²) in [7, 11) is -6.08. The summed E-state index contributed by atoms with van der Waals surface area (Å²) >= 11 is 1.25. The van der Waals surface area contributed by atoms with Gasteiger partial charge < -0.3 is 18.9 Å². The van der Waals surface area contributed by atoms with Crippen LogP contribution in [0.15, 0.2) is 0 Å². The van der Waals surface area contributed by atoms with Gasteiger partial charge in [-0.15, -0.1) is 11.8 Å². The topological polar surface area (TPSA) is 130 Å². The summed E-state index contributed by atoms with van der Waals surface area (Å²) in [6, 6.07) is -0.482. The molecule has 31 heavy (non-hydrogen) atoms. The van der Waals surface area contributed by atoms with Crippen LogP contribution in [-0.2, 0) is 34.0 Å². The fourth-order valence-corrected chi connectivity index (χ4v) is 6.55. The fourth-order valence-electron chi connectivity index (χ4n) is 4.31. The number of amides is 1. The SMILES string of the molecule is CCC(=O)OC1C2SC3C(C(=O)N(C(C)(C)C)C13)C2C(=O)O[CH-]C(F)(F)S(=O)(=O)[O-].[Rf]. The number of ether oxygens (including phenoxy) is 2. The Bertz CT molecular complexity index is 878. The second-order valence-corrected chi connectivity index (χ2v) is 11.2. The van der Waals surface area contributed by atoms with Crippen molar-refractivity contribution >= 4 is 39.7 Å². The van der Waals surface area contributed by atoms with Gasteiger partial charge in [-0.05, 0) is 20.8 Å². The van der Waals surface area contributed by atoms with Crippen LogP contribution in [0.5, 0.6) is 0 Å². The minimum Gasteiger partial charge on any atom is -0.746 e. The van der Waals surface area contributed by atoms with Crippen molar-refractivity contribution in [1.29, 1.82) is 0 Å². The van der Waals surface area contributed by atoms with Crippen molar-refractivity contribution in [3.8, 4) is 0 Å². The number of carbonyl (C=O) groups excluding carboxylic acids is 3. The number of fused-ring (bicyclic) bond motifs is 1. The van der Waals surface area contributed by atoms with Gasteiger partial charge in [-0.25, -0.2) is 17.2 Å². The number of hydrogen-bond acceptors (Lipinski definition) is 9. The molecule has 6 atom stereocenters. The Morgan fingerprint density at radius 3 is 2.32 bits per heavy atom. The Kier molecular flexibility index (Phi) is 6.07. The summed E-state index contributed by atoms with van der Waals surface area (Å²) in [5.74, 6) is -4.33. The number of halogens is 2. The van der Waals surface area contributed by atoms with Crippen LogP contribution in [0.3, 0.4) is 0 Å². The second-order valence-electron chi connectivity index (χ2n) is 8.37. The van der Waals surface area contributed by atoms with E-state index in [1.165, 1.54) is 11.8 Å². The zero-order valence-corrected chi connectivity index (χ0v) is 25.3. The Morgan fingerprint density at radius 1 is 1.26 bits per heavy atom. The second kappa shape index (κ2) is 7.59. The molecular formula is C17H21F2NO8RfS2-2. The van der Waals surface area contributed by atoms with Gasteiger partial charge >= 0.3 is 5.97 Å². The van der Waals surface area contributed by atoms with E-state index in [1.54, 1.807) is 32.6 Å². The first-order chi connectivity index (χ1) is 13.6. The minimum absolute atomic E-state index is 0. The molecule has 6 unspecified atom stereocenters. The van der Waals surface area contributed by atoms with Gasteiger partial charge in [0.2, 0.25) is 5.91 Å². The van der Waals surface area contributed by atoms with Crippen molar-refractivity contribution in [3.05, 3.63) is 6.61 Å². The van der Waals surface area contributed by atoms with Gasteiger partial charge in [-0.3, -0.25) is 14.4 Å². The minimum atomic E-state index is -6.08. The van der Waals surface area contributed by atoms with Crippen molar-refractivity contribution in [2.45, 2.75) is 67.6 Å². The predicted molar refractivity (Wildman–Crippen MR) is 97.7 cm³/mol. The molecule has 3 heterocycles. The molecule has 3 aliphatic heterocycles. The molecule has 0 aromatic heterocycles. The molecule has 2 bridgehead atoms. The van der Waals surface area contributed by atoms with Crippen LogP contribution >= 0.6 is 11.8 Å². The monoisotopic (exact) mass is 736 g/mol. The molecule has 0 aromatic rings. The van der Waals surface area contributed by atoms with E-state index in [4.69, 9.17) is 4.74 Å². The van der Waals surface area contributed by atoms with E-state index in [9.17, 15) is 36.1 Å². The number of nitrogens with zero attached hydrogens (tertiary/aromatic N) is 1. The molecular weight excluding hydrogens is 715 g/mol. The van der Waals surface area contributed by atoms with Gasteiger partial charge in [0, 0.05) is 17.2 Å². The number of likely N-dealkylation sites (tertiary alicyclic amines) is 1. The third kappa shape index (κ3) is 3.82. The van der Waals surface area contributed by atoms with E-state index in [0.29, 0.717) is 0 Å². The molecule has 0 aliphatic carbocycles. The van der Waals surface area contributed by atoms with E-state index in [2.05, 4.69) is 4.74 Å². The maximum Gasteiger partial charge on any atom is 0.305 e. The van der Waals surface area contributed by atoms with Gasteiger partial charge in [0.1, 0.15) is 16.2 Å². The van der Waals surface area contributed by atoms with Gasteiger partial charge in [0.05, 0.1) is 23.1 Å². The molecule has 172 valence electrons. The Morgan fingerprint density at radius 2 is 1.84 bits per heavy atom. The fraction of sp³-hybridized carbons (Fsp3) is 0.765. The van der Waals surface area contributed by atoms with Gasteiger partial charge in [0.15, 0.2) is 0 Å². The van der Waals surface area contributed by atoms with Crippen LogP contribution < -0.4 is 0 Å². The summed E-state index contributed by atoms with van der Waals surface area (Å²) in [4.78, 5) is 39.2. The van der Waals surface area contributed by atoms with Crippen LogP contribution in [0.25, 0.3) is 0 Å². The van der Waals surface area contributed by atoms with Gasteiger partial charge in [0.25, 0.3) is 11.2 Å². The molecule has 9 nitrogen and oxygen atoms in total. The molecule has 14 heteroatoms. The molecule has 3 saturated heterocycles. The molecule has 0 spiro atoms. The molecule has 0 radical (unpaired) electrons. The number of hydrogen-bond donors (Lipinski definition) is 0. The smallest absolute Gasteiger partial charge is 0.305 e. The maximum atomic E-state index is 13.4. The Balaban J connectivity index is 0.00000341. The molecule has 1 amide bonds. The zero-order chi connectivity index (χ0) is 22.8. The third-order valence-corrected chi connectivity index (χ3v) is 7.95. The molecule has 3 fully saturated rings. The van der Waals surface area contributed by atoms with E-state index < -0.39 is 79.8 Å². The predicted octanol–water partition coefficient (Wildman–Crippen LogP) is 0.890. The van der Waals surface area contributed by atoms with E-state index >= 15 is 0 Å². The summed E-state index contributed by atoms with van der Waals surface area (Å²) in [6.45, 7) is 6.31. The first-order valence-corrected chi connectivity index (χ1v) is 11.5. The van der Waals surface area contributed by atoms with E-state index in [1.807, 2.05) is 0 Å². The van der Waals surface area contributed by atoms with Crippen molar-refractivity contribution in [2.75, 3.05) is 0 Å². The van der Waals surface area contributed by atoms with Crippen LogP contribution in [0.2, 0.25) is 0 Å². The third-order valence-electron chi connectivity index (χ3n) is 5.42. The Labute approximate surface area is 176 Å². The Hall–Kier alpha value is -2.47. The number of esters is 2. The molecule has 0 aromatic carbocycles. The van der Waals surface area contributed by atoms with Crippen molar-refractivity contribution in [1.82, 2.24) is 4.90 Å². The quantitative estimate of drug-likeness (QED) is 0.222. The van der Waals surface area contributed by atoms with Crippen LogP contribution in [-0.4, -0.2) is 69.2 Å². The van der Waals surface area contributed by atoms with Gasteiger partial charge in [-0.1, -0.05) is 13.5 Å². The first-order valence-electron chi connectivity index (χ1n) is 9.18. The van der Waals surface area contributed by atoms with E-state index in [0.717, 1.165) is 0 Å². The summed E-state index contributed by atoms with van der Waals surface area (Å²) < 4.78 is 68.4. The zero-order valence-electron chi connectivity index (χ0n) is 17.2. The number of thioether (sulfide) groups is 1. The first kappa shape index (κ1) is 24.8. The molecule has 0 saturated carbocycles. The van der Waals surface area contributed by atoms with E-state index in [-0.39, 0.29) is 6.42 Å². The molecule has 0 N–H and O–H groups in total. The molecule has 3 rings (SSSR count). The number of carbonyl (C=O) groups is 3. The average Bonchev–Trinajstić information content (AvgIpc) is 3.20. The normalized spacial score (nSPS) is 32.1. The summed E-state index contributed by atoms with van der Waals surface area (Å²) in [6.07, 6.45) is -0.787. The van der Waals surface area contributed by atoms with Crippen molar-refractivity contribution in [3.63, 3.8) is 0 Å². The number of rotatable bonds is 6. The van der Waals surface area contributed by atoms with Crippen molar-refractivity contribution in [2.24, 2.45) is 11.8 Å². The molecule has 3 aliphatic rings. The summed E-state index contributed by atoms with van der Waals surface area (Å²) in [5.41, 5.74) is -0.657. The average molecular weight is 736 g/mol. The standard InChI is InChI=1S/C17H22F2NO8S2.Rf/c1-5-7(21)28-11-10-12-8(14(22)20(10)16(2,3)4)9(13(11)29-12)15(23)27-6-17(18,19)30(24,25)26;/h6,8-13H,5H2,1-4H3,(H,24,25,26);/q-1;/p-1. The summed E-state index contributed by atoms with van der Waals surface area (Å²) in [5, 5.41) is -6.06. The van der Waals surface area contributed by atoms with Gasteiger partial charge in [-0.2, -0.15) is 0 Å². The van der Waals surface area contributed by atoms with Crippen LogP contribution in [0.1, 0.15) is 34.1 Å². The number of alkyl halides is 2. The van der Waals surface area contributed by atoms with Crippen molar-refractivity contribution < 1.29 is 45.6 Å². The van der Waals surface area contributed by atoms with Crippen LogP contribution in [0.4, 0.5) is 8.78 Å². The largest absolute Gasteiger partial charge is 0.746 e. The van der Waals surface area contributed by atoms with Crippen LogP contribution in [0, 0.1) is 18.4 Å². The maximum absolute atomic E-state index is 13.4.